The monoisotopic (exact) mass is 309 g/mol. The zero-order chi connectivity index (χ0) is 10.7. The topological polar surface area (TPSA) is 51.5 Å². The Morgan fingerprint density at radius 1 is 1.79 bits per heavy atom. The Kier molecular flexibility index (Phi) is 3.94. The van der Waals surface area contributed by atoms with Gasteiger partial charge in [0.1, 0.15) is 5.69 Å². The molecular weight excluding hydrogens is 297 g/mol. The van der Waals surface area contributed by atoms with Gasteiger partial charge in [-0.2, -0.15) is 0 Å². The molecule has 0 aliphatic heterocycles. The van der Waals surface area contributed by atoms with Crippen molar-refractivity contribution in [3.63, 3.8) is 0 Å². The van der Waals surface area contributed by atoms with Gasteiger partial charge in [-0.05, 0) is 35.6 Å². The van der Waals surface area contributed by atoms with Crippen molar-refractivity contribution in [2.75, 3.05) is 13.7 Å². The number of carboxylic acids is 1. The number of ether oxygens (including phenoxy) is 1. The fourth-order valence-corrected chi connectivity index (χ4v) is 1.90. The van der Waals surface area contributed by atoms with E-state index in [1.165, 1.54) is 0 Å². The quantitative estimate of drug-likeness (QED) is 0.866. The van der Waals surface area contributed by atoms with E-state index in [0.717, 1.165) is 3.57 Å². The molecule has 0 aromatic carbocycles. The summed E-state index contributed by atoms with van der Waals surface area (Å²) in [5.74, 6) is -0.907. The van der Waals surface area contributed by atoms with E-state index < -0.39 is 5.97 Å². The average molecular weight is 309 g/mol. The number of carbonyl (C=O) groups is 1. The lowest BCUT2D eigenvalue weighted by Gasteiger charge is -2.14. The zero-order valence-corrected chi connectivity index (χ0v) is 10.2. The summed E-state index contributed by atoms with van der Waals surface area (Å²) < 4.78 is 7.62. The van der Waals surface area contributed by atoms with Crippen LogP contribution in [0, 0.1) is 3.57 Å². The van der Waals surface area contributed by atoms with Crippen molar-refractivity contribution in [1.29, 1.82) is 0 Å². The standard InChI is InChI=1S/C9H12INO3/c1-6(5-14-2)11-4-7(10)3-8(11)9(12)13/h3-4,6H,5H2,1-2H3,(H,12,13). The number of methoxy groups -OCH3 is 1. The molecular formula is C9H12INO3. The van der Waals surface area contributed by atoms with Crippen molar-refractivity contribution in [3.8, 4) is 0 Å². The van der Waals surface area contributed by atoms with Gasteiger partial charge in [0.25, 0.3) is 0 Å². The first kappa shape index (κ1) is 11.5. The minimum absolute atomic E-state index is 0.0367. The third-order valence-corrected chi connectivity index (χ3v) is 2.51. The van der Waals surface area contributed by atoms with Crippen molar-refractivity contribution in [3.05, 3.63) is 21.5 Å². The van der Waals surface area contributed by atoms with E-state index in [2.05, 4.69) is 22.6 Å². The van der Waals surface area contributed by atoms with Gasteiger partial charge in [-0.25, -0.2) is 4.79 Å². The molecule has 0 amide bonds. The van der Waals surface area contributed by atoms with Crippen molar-refractivity contribution in [2.24, 2.45) is 0 Å². The van der Waals surface area contributed by atoms with E-state index in [0.29, 0.717) is 12.3 Å². The van der Waals surface area contributed by atoms with Crippen LogP contribution < -0.4 is 0 Å². The van der Waals surface area contributed by atoms with Gasteiger partial charge < -0.3 is 14.4 Å². The Morgan fingerprint density at radius 2 is 2.43 bits per heavy atom. The summed E-state index contributed by atoms with van der Waals surface area (Å²) in [6.45, 7) is 2.43. The summed E-state index contributed by atoms with van der Waals surface area (Å²) >= 11 is 2.10. The van der Waals surface area contributed by atoms with E-state index in [1.807, 2.05) is 13.1 Å². The third kappa shape index (κ3) is 2.48. The maximum Gasteiger partial charge on any atom is 0.352 e. The van der Waals surface area contributed by atoms with Gasteiger partial charge in [-0.15, -0.1) is 0 Å². The fraction of sp³-hybridized carbons (Fsp3) is 0.444. The molecule has 1 atom stereocenters. The predicted molar refractivity (Wildman–Crippen MR) is 60.7 cm³/mol. The Morgan fingerprint density at radius 3 is 2.93 bits per heavy atom. The average Bonchev–Trinajstić information content (AvgIpc) is 2.48. The molecule has 0 fully saturated rings. The minimum atomic E-state index is -0.907. The molecule has 1 heterocycles. The van der Waals surface area contributed by atoms with Crippen LogP contribution in [0.4, 0.5) is 0 Å². The number of aromatic nitrogens is 1. The van der Waals surface area contributed by atoms with Gasteiger partial charge in [-0.1, -0.05) is 0 Å². The summed E-state index contributed by atoms with van der Waals surface area (Å²) in [6, 6.07) is 1.68. The molecule has 0 radical (unpaired) electrons. The SMILES string of the molecule is COCC(C)n1cc(I)cc1C(=O)O. The third-order valence-electron chi connectivity index (χ3n) is 1.92. The van der Waals surface area contributed by atoms with Crippen LogP contribution in [-0.4, -0.2) is 29.4 Å². The first-order chi connectivity index (χ1) is 6.56. The molecule has 1 N–H and O–H groups in total. The largest absolute Gasteiger partial charge is 0.477 e. The fourth-order valence-electron chi connectivity index (χ4n) is 1.30. The summed E-state index contributed by atoms with van der Waals surface area (Å²) in [5, 5.41) is 8.93. The molecule has 1 rings (SSSR count). The lowest BCUT2D eigenvalue weighted by atomic mass is 10.3. The molecule has 1 aromatic rings. The van der Waals surface area contributed by atoms with Crippen molar-refractivity contribution in [1.82, 2.24) is 4.57 Å². The van der Waals surface area contributed by atoms with Crippen LogP contribution in [0.15, 0.2) is 12.3 Å². The van der Waals surface area contributed by atoms with Crippen LogP contribution in [0.2, 0.25) is 0 Å². The number of rotatable bonds is 4. The molecule has 1 aromatic heterocycles. The lowest BCUT2D eigenvalue weighted by molar-refractivity contribution is 0.0678. The summed E-state index contributed by atoms with van der Waals surface area (Å²) in [5.41, 5.74) is 0.305. The number of nitrogens with zero attached hydrogens (tertiary/aromatic N) is 1. The maximum absolute atomic E-state index is 10.9. The number of aromatic carboxylic acids is 1. The van der Waals surface area contributed by atoms with Crippen LogP contribution in [0.25, 0.3) is 0 Å². The highest BCUT2D eigenvalue weighted by molar-refractivity contribution is 14.1. The molecule has 1 unspecified atom stereocenters. The highest BCUT2D eigenvalue weighted by atomic mass is 127. The van der Waals surface area contributed by atoms with Crippen molar-refractivity contribution in [2.45, 2.75) is 13.0 Å². The van der Waals surface area contributed by atoms with E-state index in [9.17, 15) is 4.79 Å². The number of carboxylic acid groups (broad SMARTS) is 1. The first-order valence-corrected chi connectivity index (χ1v) is 5.23. The number of halogens is 1. The van der Waals surface area contributed by atoms with Crippen molar-refractivity contribution < 1.29 is 14.6 Å². The van der Waals surface area contributed by atoms with E-state index in [-0.39, 0.29) is 6.04 Å². The Hall–Kier alpha value is -0.560. The maximum atomic E-state index is 10.9. The van der Waals surface area contributed by atoms with Gasteiger partial charge in [0.05, 0.1) is 12.6 Å². The molecule has 0 saturated carbocycles. The molecule has 0 bridgehead atoms. The van der Waals surface area contributed by atoms with E-state index in [1.54, 1.807) is 17.7 Å². The van der Waals surface area contributed by atoms with Gasteiger partial charge in [0, 0.05) is 16.9 Å². The first-order valence-electron chi connectivity index (χ1n) is 4.16. The van der Waals surface area contributed by atoms with Crippen LogP contribution >= 0.6 is 22.6 Å². The van der Waals surface area contributed by atoms with Crippen molar-refractivity contribution >= 4 is 28.6 Å². The Balaban J connectivity index is 3.00. The number of hydrogen-bond donors (Lipinski definition) is 1. The predicted octanol–water partition coefficient (Wildman–Crippen LogP) is 2.00. The minimum Gasteiger partial charge on any atom is -0.477 e. The molecule has 0 spiro atoms. The van der Waals surface area contributed by atoms with Crippen LogP contribution in [0.5, 0.6) is 0 Å². The lowest BCUT2D eigenvalue weighted by Crippen LogP contribution is -2.15. The second-order valence-corrected chi connectivity index (χ2v) is 4.31. The molecule has 0 aliphatic carbocycles. The van der Waals surface area contributed by atoms with E-state index in [4.69, 9.17) is 9.84 Å². The normalized spacial score (nSPS) is 12.8. The van der Waals surface area contributed by atoms with E-state index >= 15 is 0 Å². The second-order valence-electron chi connectivity index (χ2n) is 3.06. The second kappa shape index (κ2) is 4.79. The molecule has 5 heteroatoms. The molecule has 78 valence electrons. The Bertz CT molecular complexity index is 335. The highest BCUT2D eigenvalue weighted by Crippen LogP contribution is 2.17. The van der Waals surface area contributed by atoms with Gasteiger partial charge in [0.2, 0.25) is 0 Å². The summed E-state index contributed by atoms with van der Waals surface area (Å²) in [7, 11) is 1.60. The molecule has 14 heavy (non-hydrogen) atoms. The molecule has 0 saturated heterocycles. The summed E-state index contributed by atoms with van der Waals surface area (Å²) in [6.07, 6.45) is 1.81. The smallest absolute Gasteiger partial charge is 0.352 e. The van der Waals surface area contributed by atoms with Crippen LogP contribution in [0.1, 0.15) is 23.5 Å². The number of hydrogen-bond acceptors (Lipinski definition) is 2. The Labute approximate surface area is 96.0 Å². The van der Waals surface area contributed by atoms with Crippen LogP contribution in [-0.2, 0) is 4.74 Å². The van der Waals surface area contributed by atoms with Gasteiger partial charge in [-0.3, -0.25) is 0 Å². The van der Waals surface area contributed by atoms with Gasteiger partial charge >= 0.3 is 5.97 Å². The summed E-state index contributed by atoms with van der Waals surface area (Å²) in [4.78, 5) is 10.9. The van der Waals surface area contributed by atoms with Gasteiger partial charge in [0.15, 0.2) is 0 Å². The highest BCUT2D eigenvalue weighted by Gasteiger charge is 2.15. The molecule has 4 nitrogen and oxygen atoms in total. The zero-order valence-electron chi connectivity index (χ0n) is 8.03. The molecule has 0 aliphatic rings. The van der Waals surface area contributed by atoms with Crippen LogP contribution in [0.3, 0.4) is 0 Å².